The van der Waals surface area contributed by atoms with Gasteiger partial charge in [-0.25, -0.2) is 4.98 Å². The summed E-state index contributed by atoms with van der Waals surface area (Å²) in [4.78, 5) is 35.6. The molecule has 3 heterocycles. The first-order valence-electron chi connectivity index (χ1n) is 10.9. The number of fused-ring (bicyclic) bond motifs is 1. The van der Waals surface area contributed by atoms with E-state index in [9.17, 15) is 14.7 Å². The van der Waals surface area contributed by atoms with E-state index in [4.69, 9.17) is 9.47 Å². The number of rotatable bonds is 4. The van der Waals surface area contributed by atoms with E-state index in [1.165, 1.54) is 17.2 Å². The van der Waals surface area contributed by atoms with Crippen molar-refractivity contribution in [1.82, 2.24) is 15.3 Å². The standard InChI is InChI=1S/C26H24N4O5/c1-26(2,33)11-9-17-7-8-22-21(14-17)30(3)25(32)20(16-34-22)29-24(31)19-15-18(10-13-27-19)35-23-6-4-5-12-28-23/h4-8,10,12-15,20,33H,16H2,1-3H3,(H,29,31)/t20-/m0/s1. The summed E-state index contributed by atoms with van der Waals surface area (Å²) in [5.74, 6) is 5.98. The Hall–Kier alpha value is -4.42. The summed E-state index contributed by atoms with van der Waals surface area (Å²) in [5, 5.41) is 12.5. The number of amides is 2. The number of hydrogen-bond acceptors (Lipinski definition) is 7. The first kappa shape index (κ1) is 23.7. The maximum atomic E-state index is 13.1. The molecule has 1 aliphatic heterocycles. The van der Waals surface area contributed by atoms with Crippen LogP contribution in [0.3, 0.4) is 0 Å². The minimum absolute atomic E-state index is 0.0548. The topological polar surface area (TPSA) is 114 Å². The molecule has 9 nitrogen and oxygen atoms in total. The van der Waals surface area contributed by atoms with Gasteiger partial charge < -0.3 is 24.8 Å². The number of benzene rings is 1. The second kappa shape index (κ2) is 9.83. The van der Waals surface area contributed by atoms with Crippen molar-refractivity contribution in [2.75, 3.05) is 18.6 Å². The Kier molecular flexibility index (Phi) is 6.66. The molecule has 0 spiro atoms. The predicted octanol–water partition coefficient (Wildman–Crippen LogP) is 2.55. The Morgan fingerprint density at radius 2 is 2.03 bits per heavy atom. The van der Waals surface area contributed by atoms with Gasteiger partial charge in [0.05, 0.1) is 5.69 Å². The summed E-state index contributed by atoms with van der Waals surface area (Å²) in [7, 11) is 1.60. The molecular weight excluding hydrogens is 448 g/mol. The second-order valence-electron chi connectivity index (χ2n) is 8.37. The summed E-state index contributed by atoms with van der Waals surface area (Å²) in [5.41, 5.74) is 0.0671. The largest absolute Gasteiger partial charge is 0.489 e. The lowest BCUT2D eigenvalue weighted by Crippen LogP contribution is -2.49. The van der Waals surface area contributed by atoms with Crippen LogP contribution < -0.4 is 19.7 Å². The Morgan fingerprint density at radius 3 is 2.77 bits per heavy atom. The normalized spacial score (nSPS) is 15.1. The molecule has 35 heavy (non-hydrogen) atoms. The molecular formula is C26H24N4O5. The smallest absolute Gasteiger partial charge is 0.270 e. The van der Waals surface area contributed by atoms with Crippen LogP contribution in [0.15, 0.2) is 60.9 Å². The molecule has 0 unspecified atom stereocenters. The van der Waals surface area contributed by atoms with E-state index in [2.05, 4.69) is 27.1 Å². The van der Waals surface area contributed by atoms with E-state index >= 15 is 0 Å². The summed E-state index contributed by atoms with van der Waals surface area (Å²) in [6.07, 6.45) is 3.04. The summed E-state index contributed by atoms with van der Waals surface area (Å²) in [6.45, 7) is 3.12. The molecule has 0 radical (unpaired) electrons. The van der Waals surface area contributed by atoms with Gasteiger partial charge in [-0.15, -0.1) is 0 Å². The van der Waals surface area contributed by atoms with Crippen LogP contribution in [0.4, 0.5) is 5.69 Å². The van der Waals surface area contributed by atoms with Crippen LogP contribution in [-0.4, -0.2) is 52.2 Å². The Morgan fingerprint density at radius 1 is 1.20 bits per heavy atom. The van der Waals surface area contributed by atoms with Crippen molar-refractivity contribution in [3.63, 3.8) is 0 Å². The number of ether oxygens (including phenoxy) is 2. The van der Waals surface area contributed by atoms with Crippen LogP contribution in [-0.2, 0) is 4.79 Å². The maximum Gasteiger partial charge on any atom is 0.270 e. The summed E-state index contributed by atoms with van der Waals surface area (Å²) < 4.78 is 11.5. The van der Waals surface area contributed by atoms with Gasteiger partial charge in [0.15, 0.2) is 0 Å². The zero-order valence-electron chi connectivity index (χ0n) is 19.5. The fourth-order valence-electron chi connectivity index (χ4n) is 3.26. The third-order valence-electron chi connectivity index (χ3n) is 5.00. The van der Waals surface area contributed by atoms with Crippen LogP contribution in [0.1, 0.15) is 29.9 Å². The van der Waals surface area contributed by atoms with Gasteiger partial charge in [0.25, 0.3) is 11.8 Å². The van der Waals surface area contributed by atoms with Crippen LogP contribution >= 0.6 is 0 Å². The first-order chi connectivity index (χ1) is 16.7. The number of nitrogens with one attached hydrogen (secondary N) is 1. The van der Waals surface area contributed by atoms with Crippen molar-refractivity contribution in [3.05, 3.63) is 72.2 Å². The molecule has 1 atom stereocenters. The Bertz CT molecular complexity index is 1310. The second-order valence-corrected chi connectivity index (χ2v) is 8.37. The van der Waals surface area contributed by atoms with Crippen molar-refractivity contribution in [2.24, 2.45) is 0 Å². The Balaban J connectivity index is 1.48. The highest BCUT2D eigenvalue weighted by Gasteiger charge is 2.31. The molecule has 9 heteroatoms. The van der Waals surface area contributed by atoms with Gasteiger partial charge in [-0.2, -0.15) is 0 Å². The predicted molar refractivity (Wildman–Crippen MR) is 128 cm³/mol. The summed E-state index contributed by atoms with van der Waals surface area (Å²) >= 11 is 0. The highest BCUT2D eigenvalue weighted by atomic mass is 16.5. The van der Waals surface area contributed by atoms with Crippen molar-refractivity contribution in [2.45, 2.75) is 25.5 Å². The maximum absolute atomic E-state index is 13.1. The van der Waals surface area contributed by atoms with Crippen molar-refractivity contribution < 1.29 is 24.2 Å². The average molecular weight is 473 g/mol. The van der Waals surface area contributed by atoms with Gasteiger partial charge >= 0.3 is 0 Å². The fourth-order valence-corrected chi connectivity index (χ4v) is 3.26. The highest BCUT2D eigenvalue weighted by molar-refractivity contribution is 6.03. The molecule has 2 N–H and O–H groups in total. The van der Waals surface area contributed by atoms with Gasteiger partial charge in [-0.05, 0) is 44.2 Å². The molecule has 2 amide bonds. The number of aliphatic hydroxyl groups is 1. The molecule has 4 rings (SSSR count). The van der Waals surface area contributed by atoms with E-state index in [0.29, 0.717) is 28.6 Å². The van der Waals surface area contributed by atoms with Crippen LogP contribution in [0.25, 0.3) is 0 Å². The SMILES string of the molecule is CN1C(=O)[C@@H](NC(=O)c2cc(Oc3ccccn3)ccn2)COc2ccc(C#CC(C)(C)O)cc21. The lowest BCUT2D eigenvalue weighted by atomic mass is 10.1. The lowest BCUT2D eigenvalue weighted by molar-refractivity contribution is -0.120. The van der Waals surface area contributed by atoms with Gasteiger partial charge in [0, 0.05) is 37.1 Å². The van der Waals surface area contributed by atoms with Gasteiger partial charge in [-0.3, -0.25) is 14.6 Å². The van der Waals surface area contributed by atoms with Crippen LogP contribution in [0.2, 0.25) is 0 Å². The molecule has 0 fully saturated rings. The van der Waals surface area contributed by atoms with E-state index in [0.717, 1.165) is 0 Å². The first-order valence-corrected chi connectivity index (χ1v) is 10.9. The van der Waals surface area contributed by atoms with Crippen molar-refractivity contribution in [3.8, 4) is 29.2 Å². The number of pyridine rings is 2. The summed E-state index contributed by atoms with van der Waals surface area (Å²) in [6, 6.07) is 12.5. The fraction of sp³-hybridized carbons (Fsp3) is 0.231. The number of carbonyl (C=O) groups is 2. The number of hydrogen-bond donors (Lipinski definition) is 2. The minimum atomic E-state index is -1.14. The van der Waals surface area contributed by atoms with Gasteiger partial charge in [-0.1, -0.05) is 17.9 Å². The van der Waals surface area contributed by atoms with E-state index in [1.807, 2.05) is 0 Å². The van der Waals surface area contributed by atoms with Gasteiger partial charge in [0.1, 0.15) is 35.4 Å². The molecule has 178 valence electrons. The molecule has 0 bridgehead atoms. The van der Waals surface area contributed by atoms with E-state index in [1.54, 1.807) is 69.6 Å². The molecule has 0 aliphatic carbocycles. The average Bonchev–Trinajstić information content (AvgIpc) is 2.95. The highest BCUT2D eigenvalue weighted by Crippen LogP contribution is 2.31. The third kappa shape index (κ3) is 5.93. The molecule has 1 aliphatic rings. The number of anilines is 1. The van der Waals surface area contributed by atoms with Crippen molar-refractivity contribution in [1.29, 1.82) is 0 Å². The number of nitrogens with zero attached hydrogens (tertiary/aromatic N) is 3. The number of carbonyl (C=O) groups excluding carboxylic acids is 2. The van der Waals surface area contributed by atoms with E-state index < -0.39 is 17.6 Å². The molecule has 1 aromatic carbocycles. The number of likely N-dealkylation sites (N-methyl/N-ethyl adjacent to an activating group) is 1. The monoisotopic (exact) mass is 472 g/mol. The van der Waals surface area contributed by atoms with Gasteiger partial charge in [0.2, 0.25) is 5.88 Å². The quantitative estimate of drug-likeness (QED) is 0.561. The number of aromatic nitrogens is 2. The van der Waals surface area contributed by atoms with E-state index in [-0.39, 0.29) is 18.2 Å². The molecule has 2 aromatic heterocycles. The molecule has 3 aromatic rings. The zero-order valence-corrected chi connectivity index (χ0v) is 19.5. The third-order valence-corrected chi connectivity index (χ3v) is 5.00. The van der Waals surface area contributed by atoms with Crippen molar-refractivity contribution >= 4 is 17.5 Å². The van der Waals surface area contributed by atoms with Crippen LogP contribution in [0, 0.1) is 11.8 Å². The minimum Gasteiger partial charge on any atom is -0.489 e. The zero-order chi connectivity index (χ0) is 25.0. The molecule has 0 saturated heterocycles. The molecule has 0 saturated carbocycles. The lowest BCUT2D eigenvalue weighted by Gasteiger charge is -2.20. The Labute approximate surface area is 202 Å². The van der Waals surface area contributed by atoms with Crippen LogP contribution in [0.5, 0.6) is 17.4 Å².